The lowest BCUT2D eigenvalue weighted by Crippen LogP contribution is -2.21. The number of carboxylic acid groups (broad SMARTS) is 1. The van der Waals surface area contributed by atoms with E-state index in [4.69, 9.17) is 5.11 Å². The largest absolute Gasteiger partial charge is 0.478 e. The predicted octanol–water partition coefficient (Wildman–Crippen LogP) is 1.19. The van der Waals surface area contributed by atoms with Crippen LogP contribution in [0.25, 0.3) is 0 Å². The number of carbonyl (C=O) groups is 4. The SMILES string of the molecule is C=C(C)C(=O)OCC(=O)OC(=O)c1ccccc1C(=O)O. The van der Waals surface area contributed by atoms with E-state index >= 15 is 0 Å². The molecule has 1 aromatic rings. The van der Waals surface area contributed by atoms with Gasteiger partial charge in [-0.05, 0) is 19.1 Å². The van der Waals surface area contributed by atoms with E-state index in [0.717, 1.165) is 0 Å². The molecule has 0 saturated carbocycles. The number of benzene rings is 1. The first-order chi connectivity index (χ1) is 9.82. The van der Waals surface area contributed by atoms with Gasteiger partial charge in [0.25, 0.3) is 0 Å². The maximum Gasteiger partial charge on any atom is 0.352 e. The smallest absolute Gasteiger partial charge is 0.352 e. The van der Waals surface area contributed by atoms with Crippen molar-refractivity contribution in [2.45, 2.75) is 6.92 Å². The van der Waals surface area contributed by atoms with Gasteiger partial charge in [0, 0.05) is 5.57 Å². The third kappa shape index (κ3) is 4.57. The quantitative estimate of drug-likeness (QED) is 0.493. The highest BCUT2D eigenvalue weighted by molar-refractivity contribution is 6.05. The zero-order chi connectivity index (χ0) is 16.0. The summed E-state index contributed by atoms with van der Waals surface area (Å²) >= 11 is 0. The maximum absolute atomic E-state index is 11.7. The van der Waals surface area contributed by atoms with Crippen LogP contribution in [0.15, 0.2) is 36.4 Å². The van der Waals surface area contributed by atoms with Crippen LogP contribution in [-0.4, -0.2) is 35.6 Å². The van der Waals surface area contributed by atoms with E-state index < -0.39 is 30.5 Å². The molecule has 0 atom stereocenters. The molecule has 0 unspecified atom stereocenters. The molecule has 0 amide bonds. The molecule has 0 aliphatic heterocycles. The van der Waals surface area contributed by atoms with Crippen molar-refractivity contribution in [2.75, 3.05) is 6.61 Å². The highest BCUT2D eigenvalue weighted by Crippen LogP contribution is 2.10. The molecule has 21 heavy (non-hydrogen) atoms. The minimum atomic E-state index is -1.33. The van der Waals surface area contributed by atoms with Crippen LogP contribution < -0.4 is 0 Å². The first-order valence-electron chi connectivity index (χ1n) is 5.73. The molecule has 0 spiro atoms. The van der Waals surface area contributed by atoms with Gasteiger partial charge >= 0.3 is 23.9 Å². The van der Waals surface area contributed by atoms with Gasteiger partial charge in [-0.1, -0.05) is 18.7 Å². The Labute approximate surface area is 119 Å². The first-order valence-corrected chi connectivity index (χ1v) is 5.73. The van der Waals surface area contributed by atoms with E-state index in [1.165, 1.54) is 31.2 Å². The molecule has 0 aliphatic carbocycles. The standard InChI is InChI=1S/C14H12O7/c1-8(2)13(18)20-7-11(15)21-14(19)10-6-4-3-5-9(10)12(16)17/h3-6H,1,7H2,2H3,(H,16,17). The van der Waals surface area contributed by atoms with Crippen LogP contribution in [-0.2, 0) is 19.1 Å². The molecular formula is C14H12O7. The second kappa shape index (κ2) is 6.99. The van der Waals surface area contributed by atoms with Crippen LogP contribution in [0.1, 0.15) is 27.6 Å². The Kier molecular flexibility index (Phi) is 5.36. The highest BCUT2D eigenvalue weighted by atomic mass is 16.6. The summed E-state index contributed by atoms with van der Waals surface area (Å²) in [5.74, 6) is -4.38. The number of ether oxygens (including phenoxy) is 2. The molecule has 0 bridgehead atoms. The van der Waals surface area contributed by atoms with E-state index in [2.05, 4.69) is 16.1 Å². The Morgan fingerprint density at radius 2 is 1.71 bits per heavy atom. The Morgan fingerprint density at radius 1 is 1.14 bits per heavy atom. The lowest BCUT2D eigenvalue weighted by molar-refractivity contribution is -0.152. The number of aromatic carboxylic acids is 1. The molecule has 0 radical (unpaired) electrons. The van der Waals surface area contributed by atoms with E-state index in [0.29, 0.717) is 0 Å². The average Bonchev–Trinajstić information content (AvgIpc) is 2.44. The normalized spacial score (nSPS) is 9.57. The van der Waals surface area contributed by atoms with E-state index in [1.807, 2.05) is 0 Å². The van der Waals surface area contributed by atoms with Crippen molar-refractivity contribution in [3.8, 4) is 0 Å². The van der Waals surface area contributed by atoms with Gasteiger partial charge < -0.3 is 14.6 Å². The van der Waals surface area contributed by atoms with Crippen molar-refractivity contribution in [1.29, 1.82) is 0 Å². The number of esters is 3. The highest BCUT2D eigenvalue weighted by Gasteiger charge is 2.20. The summed E-state index contributed by atoms with van der Waals surface area (Å²) in [5, 5.41) is 8.91. The fraction of sp³-hybridized carbons (Fsp3) is 0.143. The van der Waals surface area contributed by atoms with Crippen LogP contribution in [0, 0.1) is 0 Å². The summed E-state index contributed by atoms with van der Waals surface area (Å²) in [4.78, 5) is 45.0. The van der Waals surface area contributed by atoms with Gasteiger partial charge in [-0.3, -0.25) is 0 Å². The van der Waals surface area contributed by atoms with Gasteiger partial charge in [0.15, 0.2) is 6.61 Å². The molecule has 0 aliphatic rings. The maximum atomic E-state index is 11.7. The van der Waals surface area contributed by atoms with Crippen molar-refractivity contribution < 1.29 is 33.8 Å². The molecular weight excluding hydrogens is 280 g/mol. The third-order valence-corrected chi connectivity index (χ3v) is 2.25. The van der Waals surface area contributed by atoms with Crippen LogP contribution in [0.3, 0.4) is 0 Å². The summed E-state index contributed by atoms with van der Waals surface area (Å²) < 4.78 is 8.91. The Balaban J connectivity index is 2.69. The number of carboxylic acids is 1. The van der Waals surface area contributed by atoms with Crippen molar-refractivity contribution in [2.24, 2.45) is 0 Å². The fourth-order valence-electron chi connectivity index (χ4n) is 1.28. The second-order valence-corrected chi connectivity index (χ2v) is 3.97. The number of carbonyl (C=O) groups excluding carboxylic acids is 3. The molecule has 1 aromatic carbocycles. The Bertz CT molecular complexity index is 616. The molecule has 0 heterocycles. The fourth-order valence-corrected chi connectivity index (χ4v) is 1.28. The van der Waals surface area contributed by atoms with Gasteiger partial charge in [0.05, 0.1) is 11.1 Å². The molecule has 0 saturated heterocycles. The number of hydrogen-bond acceptors (Lipinski definition) is 6. The summed E-state index contributed by atoms with van der Waals surface area (Å²) in [6, 6.07) is 5.26. The van der Waals surface area contributed by atoms with E-state index in [9.17, 15) is 19.2 Å². The minimum absolute atomic E-state index is 0.0883. The molecule has 110 valence electrons. The van der Waals surface area contributed by atoms with Crippen molar-refractivity contribution in [1.82, 2.24) is 0 Å². The lowest BCUT2D eigenvalue weighted by Gasteiger charge is -2.06. The predicted molar refractivity (Wildman–Crippen MR) is 69.6 cm³/mol. The Morgan fingerprint density at radius 3 is 2.24 bits per heavy atom. The number of hydrogen-bond donors (Lipinski definition) is 1. The summed E-state index contributed by atoms with van der Waals surface area (Å²) in [6.45, 7) is 3.93. The van der Waals surface area contributed by atoms with Crippen molar-refractivity contribution in [3.05, 3.63) is 47.5 Å². The van der Waals surface area contributed by atoms with Gasteiger partial charge in [-0.2, -0.15) is 0 Å². The average molecular weight is 292 g/mol. The van der Waals surface area contributed by atoms with Crippen LogP contribution in [0.5, 0.6) is 0 Å². The van der Waals surface area contributed by atoms with Gasteiger partial charge in [-0.25, -0.2) is 19.2 Å². The number of rotatable bonds is 5. The molecule has 7 heteroatoms. The summed E-state index contributed by atoms with van der Waals surface area (Å²) in [6.07, 6.45) is 0. The van der Waals surface area contributed by atoms with E-state index in [1.54, 1.807) is 0 Å². The molecule has 0 fully saturated rings. The zero-order valence-corrected chi connectivity index (χ0v) is 11.1. The lowest BCUT2D eigenvalue weighted by atomic mass is 10.1. The summed E-state index contributed by atoms with van der Waals surface area (Å²) in [7, 11) is 0. The van der Waals surface area contributed by atoms with Crippen molar-refractivity contribution in [3.63, 3.8) is 0 Å². The van der Waals surface area contributed by atoms with Crippen LogP contribution >= 0.6 is 0 Å². The van der Waals surface area contributed by atoms with Crippen LogP contribution in [0.4, 0.5) is 0 Å². The van der Waals surface area contributed by atoms with Gasteiger partial charge in [-0.15, -0.1) is 0 Å². The molecule has 1 N–H and O–H groups in total. The van der Waals surface area contributed by atoms with E-state index in [-0.39, 0.29) is 16.7 Å². The van der Waals surface area contributed by atoms with Crippen LogP contribution in [0.2, 0.25) is 0 Å². The minimum Gasteiger partial charge on any atom is -0.478 e. The van der Waals surface area contributed by atoms with Gasteiger partial charge in [0.2, 0.25) is 0 Å². The molecule has 0 aromatic heterocycles. The zero-order valence-electron chi connectivity index (χ0n) is 11.1. The second-order valence-electron chi connectivity index (χ2n) is 3.97. The first kappa shape index (κ1) is 16.1. The van der Waals surface area contributed by atoms with Crippen molar-refractivity contribution >= 4 is 23.9 Å². The topological polar surface area (TPSA) is 107 Å². The van der Waals surface area contributed by atoms with Gasteiger partial charge in [0.1, 0.15) is 0 Å². The molecule has 7 nitrogen and oxygen atoms in total. The molecule has 1 rings (SSSR count). The monoisotopic (exact) mass is 292 g/mol. The third-order valence-electron chi connectivity index (χ3n) is 2.25. The summed E-state index contributed by atoms with van der Waals surface area (Å²) in [5.41, 5.74) is -0.482. The Hall–Kier alpha value is -2.96.